The van der Waals surface area contributed by atoms with Crippen LogP contribution < -0.4 is 5.32 Å². The molecule has 1 aromatic heterocycles. The third kappa shape index (κ3) is 3.82. The van der Waals surface area contributed by atoms with E-state index in [1.165, 1.54) is 12.1 Å². The van der Waals surface area contributed by atoms with Gasteiger partial charge < -0.3 is 10.4 Å². The highest BCUT2D eigenvalue weighted by molar-refractivity contribution is 9.10. The number of benzene rings is 1. The van der Waals surface area contributed by atoms with Crippen molar-refractivity contribution in [1.29, 1.82) is 0 Å². The molecular formula is C13H13BrN4O4. The van der Waals surface area contributed by atoms with E-state index in [1.54, 1.807) is 24.0 Å². The van der Waals surface area contributed by atoms with Crippen molar-refractivity contribution >= 4 is 33.2 Å². The van der Waals surface area contributed by atoms with E-state index in [9.17, 15) is 20.0 Å². The Morgan fingerprint density at radius 3 is 2.86 bits per heavy atom. The third-order valence-electron chi connectivity index (χ3n) is 2.96. The van der Waals surface area contributed by atoms with Crippen molar-refractivity contribution in [3.63, 3.8) is 0 Å². The molecule has 1 unspecified atom stereocenters. The number of halogens is 1. The standard InChI is InChI=1S/C13H13BrN4O4/c1-8(6-17-7-9(14)5-15-17)13(20)16-11-3-2-10(18(21)22)4-12(11)19/h2-5,7-8,19H,6H2,1H3,(H,16,20). The minimum Gasteiger partial charge on any atom is -0.506 e. The van der Waals surface area contributed by atoms with Crippen molar-refractivity contribution in [3.8, 4) is 5.75 Å². The lowest BCUT2D eigenvalue weighted by molar-refractivity contribution is -0.384. The van der Waals surface area contributed by atoms with Crippen LogP contribution in [0, 0.1) is 16.0 Å². The number of aromatic nitrogens is 2. The fraction of sp³-hybridized carbons (Fsp3) is 0.231. The quantitative estimate of drug-likeness (QED) is 0.478. The Labute approximate surface area is 134 Å². The number of aromatic hydroxyl groups is 1. The fourth-order valence-corrected chi connectivity index (χ4v) is 2.12. The number of phenolic OH excluding ortho intramolecular Hbond substituents is 1. The van der Waals surface area contributed by atoms with Crippen LogP contribution in [0.3, 0.4) is 0 Å². The first kappa shape index (κ1) is 16.0. The minimum absolute atomic E-state index is 0.129. The number of phenols is 1. The predicted octanol–water partition coefficient (Wildman–Crippen LogP) is 2.53. The fourth-order valence-electron chi connectivity index (χ4n) is 1.80. The zero-order chi connectivity index (χ0) is 16.3. The van der Waals surface area contributed by atoms with Gasteiger partial charge in [0.15, 0.2) is 0 Å². The molecule has 1 atom stereocenters. The maximum Gasteiger partial charge on any atom is 0.273 e. The number of carbonyl (C=O) groups is 1. The van der Waals surface area contributed by atoms with Crippen LogP contribution in [0.25, 0.3) is 0 Å². The summed E-state index contributed by atoms with van der Waals surface area (Å²) in [6, 6.07) is 3.50. The number of nitro groups is 1. The first-order valence-electron chi connectivity index (χ1n) is 6.33. The maximum atomic E-state index is 12.1. The molecule has 0 fully saturated rings. The summed E-state index contributed by atoms with van der Waals surface area (Å²) in [6.07, 6.45) is 3.36. The molecule has 8 nitrogen and oxygen atoms in total. The molecule has 0 aliphatic heterocycles. The molecule has 22 heavy (non-hydrogen) atoms. The SMILES string of the molecule is CC(Cn1cc(Br)cn1)C(=O)Nc1ccc([N+](=O)[O-])cc1O. The lowest BCUT2D eigenvalue weighted by Gasteiger charge is -2.13. The Hall–Kier alpha value is -2.42. The minimum atomic E-state index is -0.622. The molecule has 0 saturated carbocycles. The van der Waals surface area contributed by atoms with Gasteiger partial charge in [-0.05, 0) is 22.0 Å². The van der Waals surface area contributed by atoms with Gasteiger partial charge in [0.25, 0.3) is 5.69 Å². The number of hydrogen-bond donors (Lipinski definition) is 2. The molecule has 0 aliphatic carbocycles. The van der Waals surface area contributed by atoms with Crippen molar-refractivity contribution in [2.75, 3.05) is 5.32 Å². The van der Waals surface area contributed by atoms with Crippen molar-refractivity contribution in [2.45, 2.75) is 13.5 Å². The van der Waals surface area contributed by atoms with Crippen LogP contribution in [-0.2, 0) is 11.3 Å². The third-order valence-corrected chi connectivity index (χ3v) is 3.37. The van der Waals surface area contributed by atoms with E-state index in [4.69, 9.17) is 0 Å². The molecule has 0 saturated heterocycles. The summed E-state index contributed by atoms with van der Waals surface area (Å²) in [5.74, 6) is -1.08. The van der Waals surface area contributed by atoms with Crippen molar-refractivity contribution in [1.82, 2.24) is 9.78 Å². The van der Waals surface area contributed by atoms with Crippen LogP contribution in [0.1, 0.15) is 6.92 Å². The number of rotatable bonds is 5. The van der Waals surface area contributed by atoms with E-state index in [2.05, 4.69) is 26.3 Å². The van der Waals surface area contributed by atoms with Gasteiger partial charge >= 0.3 is 0 Å². The number of hydrogen-bond acceptors (Lipinski definition) is 5. The summed E-state index contributed by atoms with van der Waals surface area (Å²) in [6.45, 7) is 2.08. The summed E-state index contributed by atoms with van der Waals surface area (Å²) in [4.78, 5) is 22.1. The van der Waals surface area contributed by atoms with Crippen LogP contribution in [0.5, 0.6) is 5.75 Å². The molecule has 2 N–H and O–H groups in total. The molecule has 0 radical (unpaired) electrons. The van der Waals surface area contributed by atoms with Gasteiger partial charge in [-0.15, -0.1) is 0 Å². The number of amides is 1. The summed E-state index contributed by atoms with van der Waals surface area (Å²) in [5.41, 5.74) is -0.117. The first-order chi connectivity index (χ1) is 10.4. The van der Waals surface area contributed by atoms with Crippen molar-refractivity contribution in [2.24, 2.45) is 5.92 Å². The second-order valence-electron chi connectivity index (χ2n) is 4.73. The molecule has 0 aliphatic rings. The Balaban J connectivity index is 2.03. The van der Waals surface area contributed by atoms with E-state index in [1.807, 2.05) is 0 Å². The molecule has 1 amide bonds. The van der Waals surface area contributed by atoms with E-state index in [0.29, 0.717) is 6.54 Å². The number of nitro benzene ring substituents is 1. The molecule has 1 heterocycles. The molecule has 1 aromatic carbocycles. The first-order valence-corrected chi connectivity index (χ1v) is 7.12. The van der Waals surface area contributed by atoms with Crippen LogP contribution in [0.4, 0.5) is 11.4 Å². The number of nitrogens with one attached hydrogen (secondary N) is 1. The Morgan fingerprint density at radius 1 is 1.59 bits per heavy atom. The maximum absolute atomic E-state index is 12.1. The molecule has 0 spiro atoms. The monoisotopic (exact) mass is 368 g/mol. The zero-order valence-corrected chi connectivity index (χ0v) is 13.1. The van der Waals surface area contributed by atoms with Gasteiger partial charge in [0.05, 0.1) is 39.8 Å². The van der Waals surface area contributed by atoms with Crippen LogP contribution in [0.2, 0.25) is 0 Å². The molecule has 2 aromatic rings. The topological polar surface area (TPSA) is 110 Å². The second-order valence-corrected chi connectivity index (χ2v) is 5.65. The van der Waals surface area contributed by atoms with Gasteiger partial charge in [0.2, 0.25) is 5.91 Å². The number of non-ortho nitro benzene ring substituents is 1. The lowest BCUT2D eigenvalue weighted by Crippen LogP contribution is -2.24. The molecule has 0 bridgehead atoms. The van der Waals surface area contributed by atoms with Crippen LogP contribution in [-0.4, -0.2) is 25.7 Å². The highest BCUT2D eigenvalue weighted by Gasteiger charge is 2.17. The highest BCUT2D eigenvalue weighted by Crippen LogP contribution is 2.28. The van der Waals surface area contributed by atoms with Gasteiger partial charge in [-0.3, -0.25) is 19.6 Å². The molecule has 2 rings (SSSR count). The van der Waals surface area contributed by atoms with E-state index < -0.39 is 10.8 Å². The Morgan fingerprint density at radius 2 is 2.32 bits per heavy atom. The van der Waals surface area contributed by atoms with Crippen molar-refractivity contribution < 1.29 is 14.8 Å². The van der Waals surface area contributed by atoms with Crippen molar-refractivity contribution in [3.05, 3.63) is 45.2 Å². The van der Waals surface area contributed by atoms with E-state index in [-0.39, 0.29) is 23.0 Å². The van der Waals surface area contributed by atoms with E-state index in [0.717, 1.165) is 10.5 Å². The summed E-state index contributed by atoms with van der Waals surface area (Å²) < 4.78 is 2.43. The summed E-state index contributed by atoms with van der Waals surface area (Å²) in [5, 5.41) is 26.9. The van der Waals surface area contributed by atoms with E-state index >= 15 is 0 Å². The zero-order valence-electron chi connectivity index (χ0n) is 11.6. The van der Waals surface area contributed by atoms with Gasteiger partial charge in [-0.2, -0.15) is 5.10 Å². The molecular weight excluding hydrogens is 356 g/mol. The number of nitrogens with zero attached hydrogens (tertiary/aromatic N) is 3. The van der Waals surface area contributed by atoms with Crippen LogP contribution in [0.15, 0.2) is 35.1 Å². The Kier molecular flexibility index (Phi) is 4.76. The average molecular weight is 369 g/mol. The van der Waals surface area contributed by atoms with Crippen LogP contribution >= 0.6 is 15.9 Å². The van der Waals surface area contributed by atoms with Gasteiger partial charge in [-0.25, -0.2) is 0 Å². The smallest absolute Gasteiger partial charge is 0.273 e. The number of anilines is 1. The normalized spacial score (nSPS) is 11.9. The Bertz CT molecular complexity index is 716. The average Bonchev–Trinajstić information content (AvgIpc) is 2.85. The summed E-state index contributed by atoms with van der Waals surface area (Å²) >= 11 is 3.27. The highest BCUT2D eigenvalue weighted by atomic mass is 79.9. The van der Waals surface area contributed by atoms with Gasteiger partial charge in [0, 0.05) is 12.3 Å². The van der Waals surface area contributed by atoms with Gasteiger partial charge in [0.1, 0.15) is 5.75 Å². The second kappa shape index (κ2) is 6.56. The molecule has 9 heteroatoms. The number of carbonyl (C=O) groups excluding carboxylic acids is 1. The summed E-state index contributed by atoms with van der Waals surface area (Å²) in [7, 11) is 0. The lowest BCUT2D eigenvalue weighted by atomic mass is 10.1. The largest absolute Gasteiger partial charge is 0.506 e. The van der Waals surface area contributed by atoms with Gasteiger partial charge in [-0.1, -0.05) is 6.92 Å². The predicted molar refractivity (Wildman–Crippen MR) is 82.5 cm³/mol. The molecule has 116 valence electrons.